The summed E-state index contributed by atoms with van der Waals surface area (Å²) in [5.74, 6) is 0.126. The summed E-state index contributed by atoms with van der Waals surface area (Å²) in [6, 6.07) is 8.61. The first-order valence-electron chi connectivity index (χ1n) is 10.5. The van der Waals surface area contributed by atoms with Gasteiger partial charge in [-0.2, -0.15) is 5.10 Å². The van der Waals surface area contributed by atoms with Gasteiger partial charge in [0.15, 0.2) is 0 Å². The van der Waals surface area contributed by atoms with Crippen molar-refractivity contribution in [1.29, 1.82) is 0 Å². The molecule has 1 atom stereocenters. The zero-order valence-electron chi connectivity index (χ0n) is 18.3. The molecular formula is C23H24ClN5O4. The normalized spacial score (nSPS) is 15.7. The van der Waals surface area contributed by atoms with Gasteiger partial charge in [0.1, 0.15) is 22.9 Å². The predicted octanol–water partition coefficient (Wildman–Crippen LogP) is 3.63. The fourth-order valence-corrected chi connectivity index (χ4v) is 4.08. The van der Waals surface area contributed by atoms with Crippen molar-refractivity contribution in [2.45, 2.75) is 12.8 Å². The quantitative estimate of drug-likeness (QED) is 0.570. The van der Waals surface area contributed by atoms with E-state index in [0.717, 1.165) is 5.56 Å². The number of anilines is 1. The number of rotatable bonds is 6. The van der Waals surface area contributed by atoms with Crippen molar-refractivity contribution in [3.8, 4) is 22.8 Å². The number of likely N-dealkylation sites (tertiary alicyclic amines) is 1. The number of carbonyl (C=O) groups is 2. The van der Waals surface area contributed by atoms with Gasteiger partial charge in [-0.05, 0) is 31.0 Å². The van der Waals surface area contributed by atoms with Crippen LogP contribution in [-0.2, 0) is 4.79 Å². The van der Waals surface area contributed by atoms with E-state index in [1.807, 2.05) is 12.1 Å². The van der Waals surface area contributed by atoms with Crippen molar-refractivity contribution in [1.82, 2.24) is 20.1 Å². The number of methoxy groups -OCH3 is 2. The monoisotopic (exact) mass is 469 g/mol. The zero-order valence-corrected chi connectivity index (χ0v) is 19.1. The lowest BCUT2D eigenvalue weighted by Crippen LogP contribution is -2.44. The Hall–Kier alpha value is -3.59. The molecule has 1 aliphatic heterocycles. The number of ether oxygens (including phenoxy) is 2. The molecule has 0 bridgehead atoms. The fourth-order valence-electron chi connectivity index (χ4n) is 3.83. The van der Waals surface area contributed by atoms with E-state index in [1.165, 1.54) is 14.2 Å². The summed E-state index contributed by atoms with van der Waals surface area (Å²) in [7, 11) is 3.02. The average Bonchev–Trinajstić information content (AvgIpc) is 3.35. The highest BCUT2D eigenvalue weighted by Crippen LogP contribution is 2.37. The number of benzene rings is 1. The third kappa shape index (κ3) is 4.93. The molecule has 33 heavy (non-hydrogen) atoms. The van der Waals surface area contributed by atoms with Crippen LogP contribution in [-0.4, -0.2) is 59.2 Å². The zero-order chi connectivity index (χ0) is 23.4. The molecule has 2 N–H and O–H groups in total. The van der Waals surface area contributed by atoms with Gasteiger partial charge in [0.05, 0.1) is 30.9 Å². The van der Waals surface area contributed by atoms with E-state index in [1.54, 1.807) is 35.5 Å². The maximum absolute atomic E-state index is 13.1. The topological polar surface area (TPSA) is 109 Å². The standard InChI is InChI=1S/C23H24ClN5O4/c1-32-16-10-17(24)21(20(11-16)33-2)26-22(30)15-4-3-9-29(13-15)23(31)19-12-18(27-28-19)14-5-7-25-8-6-14/h5-8,10-12,15H,3-4,9,13H2,1-2H3,(H,26,30)(H,27,28)/t15-/m1/s1. The first-order chi connectivity index (χ1) is 16.0. The van der Waals surface area contributed by atoms with Gasteiger partial charge in [0.25, 0.3) is 5.91 Å². The maximum Gasteiger partial charge on any atom is 0.271 e. The van der Waals surface area contributed by atoms with Crippen molar-refractivity contribution in [3.63, 3.8) is 0 Å². The molecule has 1 aromatic carbocycles. The number of piperidine rings is 1. The summed E-state index contributed by atoms with van der Waals surface area (Å²) in [6.07, 6.45) is 4.71. The number of aromatic amines is 1. The number of carbonyl (C=O) groups excluding carboxylic acids is 2. The van der Waals surface area contributed by atoms with Crippen LogP contribution in [0.25, 0.3) is 11.3 Å². The molecule has 1 aliphatic rings. The number of halogens is 1. The molecule has 0 saturated carbocycles. The Morgan fingerprint density at radius 2 is 1.97 bits per heavy atom. The van der Waals surface area contributed by atoms with Gasteiger partial charge in [-0.15, -0.1) is 0 Å². The van der Waals surface area contributed by atoms with Gasteiger partial charge >= 0.3 is 0 Å². The molecule has 3 aromatic rings. The SMILES string of the molecule is COc1cc(Cl)c(NC(=O)[C@@H]2CCCN(C(=O)c3cc(-c4ccncc4)n[nH]3)C2)c(OC)c1. The van der Waals surface area contributed by atoms with E-state index in [4.69, 9.17) is 21.1 Å². The van der Waals surface area contributed by atoms with Crippen LogP contribution >= 0.6 is 11.6 Å². The van der Waals surface area contributed by atoms with E-state index < -0.39 is 0 Å². The molecule has 0 spiro atoms. The molecule has 2 amide bonds. The number of aromatic nitrogens is 3. The minimum atomic E-state index is -0.381. The van der Waals surface area contributed by atoms with Crippen molar-refractivity contribution in [2.75, 3.05) is 32.6 Å². The maximum atomic E-state index is 13.1. The molecule has 0 aliphatic carbocycles. The van der Waals surface area contributed by atoms with Crippen LogP contribution < -0.4 is 14.8 Å². The highest BCUT2D eigenvalue weighted by Gasteiger charge is 2.30. The highest BCUT2D eigenvalue weighted by molar-refractivity contribution is 6.34. The summed E-state index contributed by atoms with van der Waals surface area (Å²) >= 11 is 6.33. The van der Waals surface area contributed by atoms with Crippen molar-refractivity contribution >= 4 is 29.1 Å². The molecule has 4 rings (SSSR count). The first kappa shape index (κ1) is 22.6. The number of amides is 2. The molecule has 172 valence electrons. The summed E-state index contributed by atoms with van der Waals surface area (Å²) < 4.78 is 10.5. The van der Waals surface area contributed by atoms with Gasteiger partial charge in [-0.25, -0.2) is 0 Å². The summed E-state index contributed by atoms with van der Waals surface area (Å²) in [5.41, 5.74) is 2.28. The fraction of sp³-hybridized carbons (Fsp3) is 0.304. The second-order valence-electron chi connectivity index (χ2n) is 7.67. The van der Waals surface area contributed by atoms with Crippen LogP contribution in [0.1, 0.15) is 23.3 Å². The highest BCUT2D eigenvalue weighted by atomic mass is 35.5. The van der Waals surface area contributed by atoms with Gasteiger partial charge in [0, 0.05) is 43.2 Å². The van der Waals surface area contributed by atoms with Crippen molar-refractivity contribution in [3.05, 3.63) is 53.4 Å². The van der Waals surface area contributed by atoms with E-state index >= 15 is 0 Å². The minimum Gasteiger partial charge on any atom is -0.497 e. The molecule has 2 aromatic heterocycles. The van der Waals surface area contributed by atoms with Crippen LogP contribution in [0.5, 0.6) is 11.5 Å². The second kappa shape index (κ2) is 9.91. The van der Waals surface area contributed by atoms with E-state index in [-0.39, 0.29) is 17.7 Å². The predicted molar refractivity (Wildman–Crippen MR) is 124 cm³/mol. The molecule has 3 heterocycles. The molecule has 1 saturated heterocycles. The van der Waals surface area contributed by atoms with E-state index in [9.17, 15) is 9.59 Å². The van der Waals surface area contributed by atoms with E-state index in [2.05, 4.69) is 20.5 Å². The van der Waals surface area contributed by atoms with Gasteiger partial charge in [0.2, 0.25) is 5.91 Å². The van der Waals surface area contributed by atoms with Crippen LogP contribution in [0.3, 0.4) is 0 Å². The van der Waals surface area contributed by atoms with Gasteiger partial charge in [-0.3, -0.25) is 19.7 Å². The number of hydrogen-bond donors (Lipinski definition) is 2. The van der Waals surface area contributed by atoms with Crippen LogP contribution in [0.2, 0.25) is 5.02 Å². The number of pyridine rings is 1. The van der Waals surface area contributed by atoms with Crippen LogP contribution in [0, 0.1) is 5.92 Å². The summed E-state index contributed by atoms with van der Waals surface area (Å²) in [4.78, 5) is 31.7. The number of nitrogens with zero attached hydrogens (tertiary/aromatic N) is 3. The Morgan fingerprint density at radius 3 is 2.70 bits per heavy atom. The Kier molecular flexibility index (Phi) is 6.79. The lowest BCUT2D eigenvalue weighted by molar-refractivity contribution is -0.121. The average molecular weight is 470 g/mol. The molecule has 0 unspecified atom stereocenters. The number of nitrogens with one attached hydrogen (secondary N) is 2. The molecule has 10 heteroatoms. The van der Waals surface area contributed by atoms with Gasteiger partial charge in [-0.1, -0.05) is 11.6 Å². The van der Waals surface area contributed by atoms with Crippen molar-refractivity contribution in [2.24, 2.45) is 5.92 Å². The van der Waals surface area contributed by atoms with E-state index in [0.29, 0.717) is 59.5 Å². The largest absolute Gasteiger partial charge is 0.497 e. The van der Waals surface area contributed by atoms with Crippen LogP contribution in [0.15, 0.2) is 42.7 Å². The molecular weight excluding hydrogens is 446 g/mol. The summed E-state index contributed by atoms with van der Waals surface area (Å²) in [5, 5.41) is 10.2. The Balaban J connectivity index is 1.45. The number of H-pyrrole nitrogens is 1. The third-order valence-electron chi connectivity index (χ3n) is 5.60. The number of hydrogen-bond acceptors (Lipinski definition) is 6. The second-order valence-corrected chi connectivity index (χ2v) is 8.08. The summed E-state index contributed by atoms with van der Waals surface area (Å²) in [6.45, 7) is 0.864. The lowest BCUT2D eigenvalue weighted by Gasteiger charge is -2.31. The minimum absolute atomic E-state index is 0.194. The molecule has 9 nitrogen and oxygen atoms in total. The lowest BCUT2D eigenvalue weighted by atomic mass is 9.96. The molecule has 0 radical (unpaired) electrons. The Labute approximate surface area is 196 Å². The van der Waals surface area contributed by atoms with Gasteiger partial charge < -0.3 is 19.7 Å². The third-order valence-corrected chi connectivity index (χ3v) is 5.89. The van der Waals surface area contributed by atoms with Crippen LogP contribution in [0.4, 0.5) is 5.69 Å². The van der Waals surface area contributed by atoms with Crippen molar-refractivity contribution < 1.29 is 19.1 Å². The smallest absolute Gasteiger partial charge is 0.271 e. The molecule has 1 fully saturated rings. The Morgan fingerprint density at radius 1 is 1.18 bits per heavy atom. The Bertz CT molecular complexity index is 1150. The first-order valence-corrected chi connectivity index (χ1v) is 10.9.